The van der Waals surface area contributed by atoms with E-state index in [-0.39, 0.29) is 61.6 Å². The van der Waals surface area contributed by atoms with E-state index in [1.807, 2.05) is 23.8 Å². The number of ether oxygens (including phenoxy) is 5. The smallest absolute Gasteiger partial charge is 0.417 e. The van der Waals surface area contributed by atoms with Crippen molar-refractivity contribution in [1.29, 1.82) is 0 Å². The van der Waals surface area contributed by atoms with Gasteiger partial charge in [0, 0.05) is 38.3 Å². The first-order chi connectivity index (χ1) is 32.2. The summed E-state index contributed by atoms with van der Waals surface area (Å²) < 4.78 is 110. The summed E-state index contributed by atoms with van der Waals surface area (Å²) in [5.41, 5.74) is -3.90. The van der Waals surface area contributed by atoms with Crippen molar-refractivity contribution in [3.8, 4) is 34.6 Å². The zero-order valence-corrected chi connectivity index (χ0v) is 39.4. The molecular weight excluding hydrogens is 894 g/mol. The van der Waals surface area contributed by atoms with E-state index in [0.29, 0.717) is 35.6 Å². The van der Waals surface area contributed by atoms with Gasteiger partial charge < -0.3 is 43.5 Å². The molecule has 2 saturated heterocycles. The number of nitrogens with zero attached hydrogens (tertiary/aromatic N) is 7. The standard InChI is InChI=1S/C49H56F5N7O7/c1-26-38(49(52,53)54)33(22-34(39(26)50)59(23-29-10-14-31(64-8)15-11-29)24-30-12-16-32(65-9)17-13-30)41-40(51)42-37-44(57-46(56-42)66-25-35-36(62)18-19-58(35)7)61-21-20-60(47(63)68-48(4,5)6)27(2)43(61)28(3)67-45(37)55-41/h10-17,22,27-28,35-36,43,62H,18-21,23-25H2,1-9H3/t27-,28-,35-,36-,43-/m0/s1. The highest BCUT2D eigenvalue weighted by molar-refractivity contribution is 5.98. The van der Waals surface area contributed by atoms with Crippen LogP contribution in [0.4, 0.5) is 38.3 Å². The van der Waals surface area contributed by atoms with E-state index in [0.717, 1.165) is 13.0 Å². The molecule has 1 N–H and O–H groups in total. The molecule has 5 aromatic rings. The van der Waals surface area contributed by atoms with Gasteiger partial charge in [0.2, 0.25) is 5.88 Å². The molecule has 0 aliphatic carbocycles. The molecule has 5 heterocycles. The molecule has 3 aliphatic heterocycles. The van der Waals surface area contributed by atoms with Gasteiger partial charge in [-0.05, 0) is 102 Å². The molecule has 8 rings (SSSR count). The second-order valence-corrected chi connectivity index (χ2v) is 18.6. The minimum Gasteiger partial charge on any atom is -0.497 e. The summed E-state index contributed by atoms with van der Waals surface area (Å²) in [6.45, 7) is 10.7. The number of pyridine rings is 1. The number of alkyl halides is 3. The number of rotatable bonds is 11. The largest absolute Gasteiger partial charge is 0.497 e. The third-order valence-corrected chi connectivity index (χ3v) is 12.9. The Morgan fingerprint density at radius 3 is 2.06 bits per heavy atom. The summed E-state index contributed by atoms with van der Waals surface area (Å²) in [6, 6.07) is 12.9. The van der Waals surface area contributed by atoms with E-state index in [2.05, 4.69) is 9.97 Å². The number of benzene rings is 3. The van der Waals surface area contributed by atoms with E-state index in [1.54, 1.807) is 86.0 Å². The predicted molar refractivity (Wildman–Crippen MR) is 244 cm³/mol. The lowest BCUT2D eigenvalue weighted by Crippen LogP contribution is -2.64. The highest BCUT2D eigenvalue weighted by Crippen LogP contribution is 2.48. The molecule has 0 saturated carbocycles. The molecule has 2 aromatic heterocycles. The number of hydrogen-bond acceptors (Lipinski definition) is 13. The third-order valence-electron chi connectivity index (χ3n) is 12.9. The SMILES string of the molecule is COc1ccc(CN(Cc2ccc(OC)cc2)c2cc(-c3nc4c5c(nc(OC[C@H]6[C@@H](O)CCN6C)nc5c3F)N3CCN(C(=O)OC(C)(C)C)[C@@H](C)[C@H]3[C@H](C)O4)c(C(F)(F)F)c(C)c2F)cc1. The Bertz CT molecular complexity index is 2610. The van der Waals surface area contributed by atoms with Gasteiger partial charge in [-0.25, -0.2) is 18.6 Å². The van der Waals surface area contributed by atoms with Gasteiger partial charge in [-0.2, -0.15) is 23.1 Å². The maximum absolute atomic E-state index is 17.8. The van der Waals surface area contributed by atoms with Crippen molar-refractivity contribution in [1.82, 2.24) is 24.8 Å². The topological polar surface area (TPSA) is 135 Å². The van der Waals surface area contributed by atoms with Crippen LogP contribution < -0.4 is 28.7 Å². The summed E-state index contributed by atoms with van der Waals surface area (Å²) in [7, 11) is 4.85. The van der Waals surface area contributed by atoms with Crippen LogP contribution in [0.1, 0.15) is 63.3 Å². The van der Waals surface area contributed by atoms with Gasteiger partial charge in [0.15, 0.2) is 5.82 Å². The first kappa shape index (κ1) is 48.3. The summed E-state index contributed by atoms with van der Waals surface area (Å²) in [5.74, 6) is -1.43. The number of aliphatic hydroxyl groups is 1. The molecule has 0 radical (unpaired) electrons. The van der Waals surface area contributed by atoms with Crippen molar-refractivity contribution < 1.29 is 55.5 Å². The zero-order chi connectivity index (χ0) is 49.0. The third kappa shape index (κ3) is 9.46. The number of aromatic nitrogens is 3. The van der Waals surface area contributed by atoms with E-state index >= 15 is 22.0 Å². The minimum absolute atomic E-state index is 0.0224. The van der Waals surface area contributed by atoms with Crippen molar-refractivity contribution in [2.24, 2.45) is 0 Å². The van der Waals surface area contributed by atoms with E-state index < -0.39 is 87.7 Å². The molecule has 68 heavy (non-hydrogen) atoms. The molecule has 0 bridgehead atoms. The van der Waals surface area contributed by atoms with Crippen LogP contribution in [0.15, 0.2) is 54.6 Å². The van der Waals surface area contributed by atoms with Crippen LogP contribution in [0.3, 0.4) is 0 Å². The van der Waals surface area contributed by atoms with Crippen LogP contribution >= 0.6 is 0 Å². The molecule has 14 nitrogen and oxygen atoms in total. The molecule has 364 valence electrons. The van der Waals surface area contributed by atoms with Crippen LogP contribution in [0, 0.1) is 18.6 Å². The first-order valence-electron chi connectivity index (χ1n) is 22.4. The number of piperazine rings is 1. The maximum atomic E-state index is 17.8. The molecule has 19 heteroatoms. The van der Waals surface area contributed by atoms with Crippen LogP contribution in [0.2, 0.25) is 0 Å². The molecule has 5 atom stereocenters. The van der Waals surface area contributed by atoms with Crippen molar-refractivity contribution in [3.05, 3.63) is 88.5 Å². The summed E-state index contributed by atoms with van der Waals surface area (Å²) in [4.78, 5) is 34.2. The number of halogens is 5. The fourth-order valence-corrected chi connectivity index (χ4v) is 9.44. The number of likely N-dealkylation sites (tertiary alicyclic amines) is 1. The van der Waals surface area contributed by atoms with Gasteiger partial charge in [-0.15, -0.1) is 0 Å². The summed E-state index contributed by atoms with van der Waals surface area (Å²) in [5, 5.41) is 10.7. The molecule has 3 aliphatic rings. The Kier molecular flexibility index (Phi) is 13.3. The number of methoxy groups -OCH3 is 2. The fourth-order valence-electron chi connectivity index (χ4n) is 9.44. The van der Waals surface area contributed by atoms with Crippen LogP contribution in [-0.2, 0) is 24.0 Å². The van der Waals surface area contributed by atoms with E-state index in [4.69, 9.17) is 28.7 Å². The molecule has 3 aromatic carbocycles. The number of fused-ring (bicyclic) bond motifs is 2. The fraction of sp³-hybridized carbons (Fsp3) is 0.469. The lowest BCUT2D eigenvalue weighted by molar-refractivity contribution is -0.137. The van der Waals surface area contributed by atoms with Crippen molar-refractivity contribution in [2.45, 2.75) is 103 Å². The highest BCUT2D eigenvalue weighted by Gasteiger charge is 2.46. The number of likely N-dealkylation sites (N-methyl/N-ethyl adjacent to an activating group) is 1. The van der Waals surface area contributed by atoms with Crippen LogP contribution in [-0.4, -0.2) is 119 Å². The Morgan fingerprint density at radius 2 is 1.51 bits per heavy atom. The zero-order valence-electron chi connectivity index (χ0n) is 39.4. The van der Waals surface area contributed by atoms with Gasteiger partial charge in [0.1, 0.15) is 58.0 Å². The normalized spacial score (nSPS) is 20.7. The molecular formula is C49H56F5N7O7. The number of aliphatic hydroxyl groups excluding tert-OH is 1. The second-order valence-electron chi connectivity index (χ2n) is 18.6. The number of amides is 1. The Hall–Kier alpha value is -6.21. The number of carbonyl (C=O) groups is 1. The number of hydrogen-bond donors (Lipinski definition) is 1. The van der Waals surface area contributed by atoms with Crippen LogP contribution in [0.25, 0.3) is 22.2 Å². The van der Waals surface area contributed by atoms with E-state index in [1.165, 1.54) is 14.2 Å². The van der Waals surface area contributed by atoms with E-state index in [9.17, 15) is 9.90 Å². The van der Waals surface area contributed by atoms with Crippen molar-refractivity contribution in [2.75, 3.05) is 57.3 Å². The van der Waals surface area contributed by atoms with Gasteiger partial charge in [-0.1, -0.05) is 24.3 Å². The van der Waals surface area contributed by atoms with Crippen molar-refractivity contribution in [3.63, 3.8) is 0 Å². The minimum atomic E-state index is -5.19. The molecule has 0 spiro atoms. The maximum Gasteiger partial charge on any atom is 0.417 e. The lowest BCUT2D eigenvalue weighted by atomic mass is 9.95. The quantitative estimate of drug-likeness (QED) is 0.127. The second kappa shape index (κ2) is 18.7. The van der Waals surface area contributed by atoms with Gasteiger partial charge >= 0.3 is 18.3 Å². The molecule has 2 fully saturated rings. The van der Waals surface area contributed by atoms with Gasteiger partial charge in [0.05, 0.1) is 49.7 Å². The summed E-state index contributed by atoms with van der Waals surface area (Å²) in [6.07, 6.45) is -6.82. The number of anilines is 2. The number of carbonyl (C=O) groups excluding carboxylic acids is 1. The predicted octanol–water partition coefficient (Wildman–Crippen LogP) is 8.56. The van der Waals surface area contributed by atoms with Crippen molar-refractivity contribution >= 4 is 28.5 Å². The Balaban J connectivity index is 1.32. The average Bonchev–Trinajstić information content (AvgIpc) is 3.54. The average molecular weight is 950 g/mol. The van der Waals surface area contributed by atoms with Crippen LogP contribution in [0.5, 0.6) is 23.4 Å². The highest BCUT2D eigenvalue weighted by atomic mass is 19.4. The summed E-state index contributed by atoms with van der Waals surface area (Å²) >= 11 is 0. The monoisotopic (exact) mass is 949 g/mol. The molecule has 0 unspecified atom stereocenters. The Labute approximate surface area is 391 Å². The lowest BCUT2D eigenvalue weighted by Gasteiger charge is -2.47. The van der Waals surface area contributed by atoms with Gasteiger partial charge in [0.25, 0.3) is 0 Å². The molecule has 1 amide bonds. The first-order valence-corrected chi connectivity index (χ1v) is 22.4. The Morgan fingerprint density at radius 1 is 0.897 bits per heavy atom. The van der Waals surface area contributed by atoms with Gasteiger partial charge in [-0.3, -0.25) is 4.90 Å².